The molecule has 0 fully saturated rings. The maximum atomic E-state index is 10.3. The van der Waals surface area contributed by atoms with Crippen molar-refractivity contribution in [3.05, 3.63) is 48.0 Å². The van der Waals surface area contributed by atoms with Crippen molar-refractivity contribution in [1.29, 1.82) is 0 Å². The van der Waals surface area contributed by atoms with Crippen LogP contribution in [0.25, 0.3) is 10.8 Å². The Balaban J connectivity index is 2.15. The second kappa shape index (κ2) is 5.98. The highest BCUT2D eigenvalue weighted by Crippen LogP contribution is 2.26. The number of aliphatic hydroxyl groups excluding tert-OH is 1. The number of benzene rings is 2. The average Bonchev–Trinajstić information content (AvgIpc) is 2.37. The van der Waals surface area contributed by atoms with Crippen molar-refractivity contribution in [2.45, 2.75) is 18.9 Å². The van der Waals surface area contributed by atoms with Crippen molar-refractivity contribution in [1.82, 2.24) is 4.90 Å². The van der Waals surface area contributed by atoms with Gasteiger partial charge in [0.05, 0.1) is 6.10 Å². The zero-order valence-electron chi connectivity index (χ0n) is 11.1. The van der Waals surface area contributed by atoms with E-state index in [0.29, 0.717) is 0 Å². The lowest BCUT2D eigenvalue weighted by Gasteiger charge is -2.15. The van der Waals surface area contributed by atoms with Gasteiger partial charge in [0, 0.05) is 0 Å². The van der Waals surface area contributed by atoms with Crippen LogP contribution in [0.3, 0.4) is 0 Å². The molecule has 0 saturated heterocycles. The highest BCUT2D eigenvalue weighted by molar-refractivity contribution is 5.85. The molecule has 0 saturated carbocycles. The van der Waals surface area contributed by atoms with E-state index in [2.05, 4.69) is 37.2 Å². The van der Waals surface area contributed by atoms with Gasteiger partial charge in [-0.3, -0.25) is 0 Å². The number of aliphatic hydroxyl groups is 1. The third-order valence-electron chi connectivity index (χ3n) is 3.27. The molecule has 2 heteroatoms. The van der Waals surface area contributed by atoms with Gasteiger partial charge in [-0.05, 0) is 49.8 Å². The normalized spacial score (nSPS) is 13.1. The molecule has 0 bridgehead atoms. The Morgan fingerprint density at radius 3 is 2.56 bits per heavy atom. The van der Waals surface area contributed by atoms with Crippen LogP contribution in [0, 0.1) is 0 Å². The van der Waals surface area contributed by atoms with Crippen molar-refractivity contribution < 1.29 is 5.11 Å². The predicted octanol–water partition coefficient (Wildman–Crippen LogP) is 3.22. The second-order valence-electron chi connectivity index (χ2n) is 5.03. The van der Waals surface area contributed by atoms with Crippen molar-refractivity contribution >= 4 is 10.8 Å². The molecule has 1 N–H and O–H groups in total. The van der Waals surface area contributed by atoms with Crippen LogP contribution in [-0.2, 0) is 0 Å². The minimum atomic E-state index is -0.365. The van der Waals surface area contributed by atoms with E-state index in [1.807, 2.05) is 24.3 Å². The summed E-state index contributed by atoms with van der Waals surface area (Å²) < 4.78 is 0. The van der Waals surface area contributed by atoms with Crippen LogP contribution in [0.1, 0.15) is 24.5 Å². The largest absolute Gasteiger partial charge is 0.388 e. The van der Waals surface area contributed by atoms with Gasteiger partial charge in [0.25, 0.3) is 0 Å². The number of nitrogens with zero attached hydrogens (tertiary/aromatic N) is 1. The van der Waals surface area contributed by atoms with Crippen LogP contribution in [0.4, 0.5) is 0 Å². The van der Waals surface area contributed by atoms with Crippen LogP contribution in [-0.4, -0.2) is 30.6 Å². The molecule has 96 valence electrons. The Labute approximate surface area is 109 Å². The van der Waals surface area contributed by atoms with Gasteiger partial charge in [-0.2, -0.15) is 0 Å². The standard InChI is InChI=1S/C16H21NO/c1-17(2)12-6-11-16(18)15-10-5-8-13-7-3-4-9-14(13)15/h3-5,7-10,16,18H,6,11-12H2,1-2H3/t16-/m0/s1. The van der Waals surface area contributed by atoms with Gasteiger partial charge >= 0.3 is 0 Å². The highest BCUT2D eigenvalue weighted by atomic mass is 16.3. The van der Waals surface area contributed by atoms with Gasteiger partial charge in [-0.1, -0.05) is 42.5 Å². The average molecular weight is 243 g/mol. The minimum Gasteiger partial charge on any atom is -0.388 e. The summed E-state index contributed by atoms with van der Waals surface area (Å²) in [6, 6.07) is 14.4. The van der Waals surface area contributed by atoms with Gasteiger partial charge in [-0.25, -0.2) is 0 Å². The van der Waals surface area contributed by atoms with Gasteiger partial charge in [0.2, 0.25) is 0 Å². The molecular weight excluding hydrogens is 222 g/mol. The van der Waals surface area contributed by atoms with Crippen molar-refractivity contribution in [2.24, 2.45) is 0 Å². The van der Waals surface area contributed by atoms with Crippen molar-refractivity contribution in [3.63, 3.8) is 0 Å². The van der Waals surface area contributed by atoms with E-state index in [1.54, 1.807) is 0 Å². The van der Waals surface area contributed by atoms with Crippen LogP contribution >= 0.6 is 0 Å². The number of hydrogen-bond donors (Lipinski definition) is 1. The van der Waals surface area contributed by atoms with E-state index in [9.17, 15) is 5.11 Å². The summed E-state index contributed by atoms with van der Waals surface area (Å²) in [5.41, 5.74) is 1.05. The number of hydrogen-bond acceptors (Lipinski definition) is 2. The summed E-state index contributed by atoms with van der Waals surface area (Å²) in [7, 11) is 4.12. The fraction of sp³-hybridized carbons (Fsp3) is 0.375. The lowest BCUT2D eigenvalue weighted by Crippen LogP contribution is -2.13. The molecule has 2 nitrogen and oxygen atoms in total. The summed E-state index contributed by atoms with van der Waals surface area (Å²) in [4.78, 5) is 2.15. The van der Waals surface area contributed by atoms with Gasteiger partial charge in [0.1, 0.15) is 0 Å². The lowest BCUT2D eigenvalue weighted by molar-refractivity contribution is 0.162. The lowest BCUT2D eigenvalue weighted by atomic mass is 9.98. The summed E-state index contributed by atoms with van der Waals surface area (Å²) in [6.07, 6.45) is 1.46. The fourth-order valence-electron chi connectivity index (χ4n) is 2.30. The smallest absolute Gasteiger partial charge is 0.0796 e. The zero-order valence-corrected chi connectivity index (χ0v) is 11.1. The Morgan fingerprint density at radius 2 is 1.78 bits per heavy atom. The monoisotopic (exact) mass is 243 g/mol. The number of rotatable bonds is 5. The molecule has 0 spiro atoms. The molecule has 0 amide bonds. The van der Waals surface area contributed by atoms with Crippen LogP contribution in [0.15, 0.2) is 42.5 Å². The SMILES string of the molecule is CN(C)CCC[C@H](O)c1cccc2ccccc12. The third kappa shape index (κ3) is 3.09. The Kier molecular flexibility index (Phi) is 4.34. The first-order chi connectivity index (χ1) is 8.68. The molecule has 0 aliphatic carbocycles. The Hall–Kier alpha value is -1.38. The van der Waals surface area contributed by atoms with Crippen LogP contribution in [0.5, 0.6) is 0 Å². The van der Waals surface area contributed by atoms with Crippen LogP contribution < -0.4 is 0 Å². The van der Waals surface area contributed by atoms with Gasteiger partial charge in [0.15, 0.2) is 0 Å². The van der Waals surface area contributed by atoms with E-state index < -0.39 is 0 Å². The molecule has 2 rings (SSSR count). The Morgan fingerprint density at radius 1 is 1.06 bits per heavy atom. The van der Waals surface area contributed by atoms with Crippen molar-refractivity contribution in [3.8, 4) is 0 Å². The summed E-state index contributed by atoms with van der Waals surface area (Å²) in [5, 5.41) is 12.7. The maximum Gasteiger partial charge on any atom is 0.0796 e. The molecule has 2 aromatic rings. The molecular formula is C16H21NO. The topological polar surface area (TPSA) is 23.5 Å². The first-order valence-electron chi connectivity index (χ1n) is 6.49. The molecule has 1 atom stereocenters. The van der Waals surface area contributed by atoms with Gasteiger partial charge < -0.3 is 10.0 Å². The zero-order chi connectivity index (χ0) is 13.0. The fourth-order valence-corrected chi connectivity index (χ4v) is 2.30. The maximum absolute atomic E-state index is 10.3. The van der Waals surface area contributed by atoms with E-state index in [0.717, 1.165) is 30.3 Å². The molecule has 2 aromatic carbocycles. The summed E-state index contributed by atoms with van der Waals surface area (Å²) in [6.45, 7) is 1.02. The summed E-state index contributed by atoms with van der Waals surface area (Å²) in [5.74, 6) is 0. The first kappa shape index (κ1) is 13.1. The summed E-state index contributed by atoms with van der Waals surface area (Å²) >= 11 is 0. The molecule has 0 unspecified atom stereocenters. The third-order valence-corrected chi connectivity index (χ3v) is 3.27. The van der Waals surface area contributed by atoms with Gasteiger partial charge in [-0.15, -0.1) is 0 Å². The van der Waals surface area contributed by atoms with E-state index >= 15 is 0 Å². The predicted molar refractivity (Wildman–Crippen MR) is 76.7 cm³/mol. The minimum absolute atomic E-state index is 0.365. The highest BCUT2D eigenvalue weighted by Gasteiger charge is 2.10. The van der Waals surface area contributed by atoms with Crippen molar-refractivity contribution in [2.75, 3.05) is 20.6 Å². The molecule has 0 heterocycles. The quantitative estimate of drug-likeness (QED) is 0.871. The van der Waals surface area contributed by atoms with E-state index in [-0.39, 0.29) is 6.10 Å². The molecule has 18 heavy (non-hydrogen) atoms. The number of fused-ring (bicyclic) bond motifs is 1. The molecule has 0 aliphatic rings. The van der Waals surface area contributed by atoms with Crippen LogP contribution in [0.2, 0.25) is 0 Å². The second-order valence-corrected chi connectivity index (χ2v) is 5.03. The molecule has 0 aromatic heterocycles. The van der Waals surface area contributed by atoms with E-state index in [1.165, 1.54) is 5.39 Å². The molecule has 0 radical (unpaired) electrons. The first-order valence-corrected chi connectivity index (χ1v) is 6.49. The van der Waals surface area contributed by atoms with E-state index in [4.69, 9.17) is 0 Å². The molecule has 0 aliphatic heterocycles. The Bertz CT molecular complexity index is 502.